The number of fused-ring (bicyclic) bond motifs is 2. The molecule has 0 aliphatic carbocycles. The van der Waals surface area contributed by atoms with Crippen molar-refractivity contribution in [3.63, 3.8) is 0 Å². The highest BCUT2D eigenvalue weighted by molar-refractivity contribution is 6.34. The van der Waals surface area contributed by atoms with Crippen LogP contribution in [0.25, 0.3) is 43.1 Å². The van der Waals surface area contributed by atoms with Gasteiger partial charge in [-0.05, 0) is 38.4 Å². The fraction of sp³-hybridized carbons (Fsp3) is 0. The van der Waals surface area contributed by atoms with Crippen LogP contribution in [0.2, 0.25) is 0 Å². The molecule has 0 saturated heterocycles. The topological polar surface area (TPSA) is 26.3 Å². The monoisotopic (exact) mass is 295 g/mol. The Kier molecular flexibility index (Phi) is 2.39. The largest absolute Gasteiger partial charge is 0.423 e. The third kappa shape index (κ3) is 1.55. The molecule has 0 atom stereocenters. The van der Waals surface area contributed by atoms with Gasteiger partial charge in [0.05, 0.1) is 0 Å². The standard InChI is InChI=1S/C21H11O2/c22-12-23-18-11-10-14-6-2-8-16-15-7-1-4-13-5-3-9-17(19(13)15)21(18)20(14)16/h1-11H. The van der Waals surface area contributed by atoms with E-state index in [-0.39, 0.29) is 0 Å². The molecule has 5 aromatic rings. The van der Waals surface area contributed by atoms with E-state index in [1.165, 1.54) is 21.5 Å². The molecule has 0 spiro atoms. The van der Waals surface area contributed by atoms with Crippen LogP contribution < -0.4 is 4.74 Å². The van der Waals surface area contributed by atoms with Crippen LogP contribution >= 0.6 is 0 Å². The van der Waals surface area contributed by atoms with Crippen molar-refractivity contribution in [2.75, 3.05) is 0 Å². The summed E-state index contributed by atoms with van der Waals surface area (Å²) >= 11 is 0. The summed E-state index contributed by atoms with van der Waals surface area (Å²) < 4.78 is 5.17. The van der Waals surface area contributed by atoms with Gasteiger partial charge in [-0.25, -0.2) is 4.79 Å². The molecule has 1 radical (unpaired) electrons. The van der Waals surface area contributed by atoms with Gasteiger partial charge in [0.15, 0.2) is 0 Å². The van der Waals surface area contributed by atoms with Gasteiger partial charge in [0, 0.05) is 10.8 Å². The molecule has 107 valence electrons. The Hall–Kier alpha value is -3.13. The minimum atomic E-state index is 0.557. The van der Waals surface area contributed by atoms with Crippen LogP contribution in [0.3, 0.4) is 0 Å². The van der Waals surface area contributed by atoms with Crippen LogP contribution in [0.1, 0.15) is 0 Å². The summed E-state index contributed by atoms with van der Waals surface area (Å²) in [6, 6.07) is 22.7. The molecule has 0 aliphatic rings. The van der Waals surface area contributed by atoms with Gasteiger partial charge in [-0.3, -0.25) is 0 Å². The highest BCUT2D eigenvalue weighted by Crippen LogP contribution is 2.43. The molecule has 0 amide bonds. The molecule has 0 bridgehead atoms. The molecule has 0 heterocycles. The van der Waals surface area contributed by atoms with Gasteiger partial charge in [0.1, 0.15) is 5.75 Å². The van der Waals surface area contributed by atoms with Crippen LogP contribution in [0.4, 0.5) is 0 Å². The van der Waals surface area contributed by atoms with E-state index in [1.807, 2.05) is 18.2 Å². The van der Waals surface area contributed by atoms with Gasteiger partial charge in [0.25, 0.3) is 0 Å². The lowest BCUT2D eigenvalue weighted by atomic mass is 9.89. The lowest BCUT2D eigenvalue weighted by Crippen LogP contribution is -1.93. The zero-order chi connectivity index (χ0) is 15.4. The van der Waals surface area contributed by atoms with Crippen molar-refractivity contribution in [1.82, 2.24) is 0 Å². The first kappa shape index (κ1) is 12.4. The highest BCUT2D eigenvalue weighted by Gasteiger charge is 2.15. The van der Waals surface area contributed by atoms with Gasteiger partial charge in [-0.2, -0.15) is 0 Å². The molecule has 0 fully saturated rings. The van der Waals surface area contributed by atoms with E-state index < -0.39 is 0 Å². The molecule has 5 aromatic carbocycles. The Morgan fingerprint density at radius 3 is 1.91 bits per heavy atom. The first-order valence-electron chi connectivity index (χ1n) is 7.51. The molecular formula is C21H11O2. The first-order chi connectivity index (χ1) is 11.4. The Morgan fingerprint density at radius 1 is 0.609 bits per heavy atom. The maximum Gasteiger partial charge on any atom is 0.423 e. The number of benzene rings is 5. The Balaban J connectivity index is 2.22. The molecular weight excluding hydrogens is 284 g/mol. The van der Waals surface area contributed by atoms with Crippen molar-refractivity contribution in [2.24, 2.45) is 0 Å². The quantitative estimate of drug-likeness (QED) is 0.331. The predicted octanol–water partition coefficient (Wildman–Crippen LogP) is 5.18. The van der Waals surface area contributed by atoms with E-state index in [2.05, 4.69) is 48.5 Å². The van der Waals surface area contributed by atoms with Crippen molar-refractivity contribution < 1.29 is 9.53 Å². The summed E-state index contributed by atoms with van der Waals surface area (Å²) in [4.78, 5) is 10.8. The second kappa shape index (κ2) is 4.43. The summed E-state index contributed by atoms with van der Waals surface area (Å²) in [7, 11) is 0. The fourth-order valence-corrected chi connectivity index (χ4v) is 3.76. The number of hydrogen-bond acceptors (Lipinski definition) is 2. The van der Waals surface area contributed by atoms with Gasteiger partial charge < -0.3 is 4.74 Å². The van der Waals surface area contributed by atoms with Gasteiger partial charge in [-0.1, -0.05) is 60.7 Å². The number of rotatable bonds is 2. The second-order valence-electron chi connectivity index (χ2n) is 5.74. The lowest BCUT2D eigenvalue weighted by molar-refractivity contribution is 0.445. The van der Waals surface area contributed by atoms with Crippen molar-refractivity contribution >= 4 is 49.6 Å². The second-order valence-corrected chi connectivity index (χ2v) is 5.74. The van der Waals surface area contributed by atoms with Gasteiger partial charge in [-0.15, -0.1) is 0 Å². The molecule has 5 rings (SSSR count). The molecule has 0 N–H and O–H groups in total. The van der Waals surface area contributed by atoms with Crippen LogP contribution in [0, 0.1) is 0 Å². The Labute approximate surface area is 132 Å². The molecule has 0 aromatic heterocycles. The summed E-state index contributed by atoms with van der Waals surface area (Å²) in [5, 5.41) is 9.15. The van der Waals surface area contributed by atoms with E-state index in [4.69, 9.17) is 4.74 Å². The summed E-state index contributed by atoms with van der Waals surface area (Å²) in [5.74, 6) is 0.557. The molecule has 2 nitrogen and oxygen atoms in total. The smallest absolute Gasteiger partial charge is 0.417 e. The maximum atomic E-state index is 10.8. The summed E-state index contributed by atoms with van der Waals surface area (Å²) in [6.45, 7) is 1.57. The van der Waals surface area contributed by atoms with E-state index in [0.29, 0.717) is 5.75 Å². The van der Waals surface area contributed by atoms with Crippen LogP contribution in [0.5, 0.6) is 5.75 Å². The summed E-state index contributed by atoms with van der Waals surface area (Å²) in [5.41, 5.74) is 0. The van der Waals surface area contributed by atoms with Crippen LogP contribution in [-0.2, 0) is 4.79 Å². The minimum Gasteiger partial charge on any atom is -0.417 e. The highest BCUT2D eigenvalue weighted by atomic mass is 16.5. The first-order valence-corrected chi connectivity index (χ1v) is 7.51. The SMILES string of the molecule is O=[C]Oc1ccc2cccc3c4cccc5cccc(c1c23)c54. The van der Waals surface area contributed by atoms with E-state index in [9.17, 15) is 4.79 Å². The molecule has 2 heteroatoms. The summed E-state index contributed by atoms with van der Waals surface area (Å²) in [6.07, 6.45) is 0. The molecule has 0 unspecified atom stereocenters. The molecule has 23 heavy (non-hydrogen) atoms. The molecule has 0 saturated carbocycles. The van der Waals surface area contributed by atoms with Crippen LogP contribution in [-0.4, -0.2) is 6.47 Å². The lowest BCUT2D eigenvalue weighted by Gasteiger charge is -2.15. The Bertz CT molecular complexity index is 1200. The average Bonchev–Trinajstić information content (AvgIpc) is 2.60. The van der Waals surface area contributed by atoms with Crippen molar-refractivity contribution in [3.05, 3.63) is 66.7 Å². The number of ether oxygens (including phenoxy) is 1. The Morgan fingerprint density at radius 2 is 1.22 bits per heavy atom. The predicted molar refractivity (Wildman–Crippen MR) is 94.0 cm³/mol. The van der Waals surface area contributed by atoms with E-state index in [1.54, 1.807) is 6.47 Å². The minimum absolute atomic E-state index is 0.557. The van der Waals surface area contributed by atoms with Crippen molar-refractivity contribution in [1.29, 1.82) is 0 Å². The number of hydrogen-bond donors (Lipinski definition) is 0. The maximum absolute atomic E-state index is 10.8. The van der Waals surface area contributed by atoms with E-state index >= 15 is 0 Å². The fourth-order valence-electron chi connectivity index (χ4n) is 3.76. The zero-order valence-corrected chi connectivity index (χ0v) is 12.2. The van der Waals surface area contributed by atoms with Crippen molar-refractivity contribution in [3.8, 4) is 5.75 Å². The van der Waals surface area contributed by atoms with Crippen molar-refractivity contribution in [2.45, 2.75) is 0 Å². The third-order valence-corrected chi connectivity index (χ3v) is 4.62. The van der Waals surface area contributed by atoms with Gasteiger partial charge in [0.2, 0.25) is 0 Å². The zero-order valence-electron chi connectivity index (χ0n) is 12.2. The average molecular weight is 295 g/mol. The number of carbonyl (C=O) groups excluding carboxylic acids is 1. The van der Waals surface area contributed by atoms with E-state index in [0.717, 1.165) is 21.5 Å². The van der Waals surface area contributed by atoms with Crippen LogP contribution in [0.15, 0.2) is 66.7 Å². The third-order valence-electron chi connectivity index (χ3n) is 4.62. The van der Waals surface area contributed by atoms with Gasteiger partial charge >= 0.3 is 6.47 Å². The normalized spacial score (nSPS) is 11.7. The molecule has 0 aliphatic heterocycles.